The molecular weight excluding hydrogens is 354 g/mol. The van der Waals surface area contributed by atoms with Crippen molar-refractivity contribution in [3.63, 3.8) is 0 Å². The Hall–Kier alpha value is -2.29. The van der Waals surface area contributed by atoms with E-state index >= 15 is 0 Å². The highest BCUT2D eigenvalue weighted by molar-refractivity contribution is 6.34. The molecule has 9 heteroatoms. The lowest BCUT2D eigenvalue weighted by Gasteiger charge is -2.38. The Morgan fingerprint density at radius 2 is 2.15 bits per heavy atom. The van der Waals surface area contributed by atoms with Crippen molar-refractivity contribution in [1.82, 2.24) is 24.4 Å². The van der Waals surface area contributed by atoms with Gasteiger partial charge in [0.25, 0.3) is 0 Å². The monoisotopic (exact) mass is 375 g/mol. The Morgan fingerprint density at radius 3 is 2.85 bits per heavy atom. The minimum absolute atomic E-state index is 0.0483. The summed E-state index contributed by atoms with van der Waals surface area (Å²) in [5.74, 6) is 7.12. The van der Waals surface area contributed by atoms with Gasteiger partial charge in [-0.2, -0.15) is 5.12 Å². The van der Waals surface area contributed by atoms with Crippen molar-refractivity contribution >= 4 is 28.8 Å². The summed E-state index contributed by atoms with van der Waals surface area (Å²) >= 11 is 6.52. The zero-order valence-corrected chi connectivity index (χ0v) is 15.6. The number of imidazole rings is 1. The molecule has 26 heavy (non-hydrogen) atoms. The Kier molecular flexibility index (Phi) is 4.26. The Morgan fingerprint density at radius 1 is 1.35 bits per heavy atom. The smallest absolute Gasteiger partial charge is 0.241 e. The first-order chi connectivity index (χ1) is 12.5. The molecule has 1 fully saturated rings. The molecule has 138 valence electrons. The number of carbonyl (C=O) groups excluding carboxylic acids is 1. The number of hydrogen-bond acceptors (Lipinski definition) is 6. The van der Waals surface area contributed by atoms with Crippen LogP contribution in [0.1, 0.15) is 18.5 Å². The van der Waals surface area contributed by atoms with E-state index in [9.17, 15) is 4.79 Å². The second-order valence-corrected chi connectivity index (χ2v) is 7.13. The molecule has 8 nitrogen and oxygen atoms in total. The number of fused-ring (bicyclic) bond motifs is 1. The number of pyridine rings is 1. The van der Waals surface area contributed by atoms with Crippen LogP contribution in [0.15, 0.2) is 30.9 Å². The van der Waals surface area contributed by atoms with Crippen molar-refractivity contribution in [3.8, 4) is 0 Å². The molecule has 2 aliphatic heterocycles. The van der Waals surface area contributed by atoms with Gasteiger partial charge < -0.3 is 9.80 Å². The molecule has 0 saturated carbocycles. The van der Waals surface area contributed by atoms with E-state index < -0.39 is 0 Å². The maximum absolute atomic E-state index is 12.3. The van der Waals surface area contributed by atoms with Gasteiger partial charge >= 0.3 is 0 Å². The summed E-state index contributed by atoms with van der Waals surface area (Å²) in [4.78, 5) is 20.4. The number of halogens is 1. The first-order valence-electron chi connectivity index (χ1n) is 8.58. The van der Waals surface area contributed by atoms with Crippen LogP contribution in [0.2, 0.25) is 5.02 Å². The second kappa shape index (κ2) is 6.46. The zero-order valence-electron chi connectivity index (χ0n) is 14.8. The largest absolute Gasteiger partial charge is 0.346 e. The lowest BCUT2D eigenvalue weighted by atomic mass is 10.1. The number of rotatable bonds is 3. The first-order valence-corrected chi connectivity index (χ1v) is 8.95. The fourth-order valence-corrected chi connectivity index (χ4v) is 3.83. The zero-order chi connectivity index (χ0) is 18.4. The number of piperazine rings is 1. The van der Waals surface area contributed by atoms with E-state index in [4.69, 9.17) is 17.4 Å². The number of aromatic nitrogens is 2. The van der Waals surface area contributed by atoms with E-state index in [1.165, 1.54) is 0 Å². The van der Waals surface area contributed by atoms with E-state index in [0.29, 0.717) is 24.7 Å². The Bertz CT molecular complexity index is 879. The molecule has 2 aromatic heterocycles. The fourth-order valence-electron chi connectivity index (χ4n) is 3.57. The Balaban J connectivity index is 1.84. The number of nitrogens with two attached hydrogens (primary N) is 1. The maximum atomic E-state index is 12.3. The van der Waals surface area contributed by atoms with Crippen LogP contribution < -0.4 is 10.7 Å². The topological polar surface area (TPSA) is 73.4 Å². The highest BCUT2D eigenvalue weighted by Gasteiger charge is 2.30. The SMILES string of the molecule is CC(c1cc(Cl)c2cncn2c1N1CCN(C)C(=O)C1)N1C=CCN1N. The van der Waals surface area contributed by atoms with Crippen molar-refractivity contribution < 1.29 is 4.79 Å². The number of hydrazine groups is 2. The van der Waals surface area contributed by atoms with Crippen LogP contribution in [0.5, 0.6) is 0 Å². The second-order valence-electron chi connectivity index (χ2n) is 6.72. The summed E-state index contributed by atoms with van der Waals surface area (Å²) in [6.07, 6.45) is 7.46. The van der Waals surface area contributed by atoms with Gasteiger partial charge in [-0.1, -0.05) is 11.6 Å². The molecule has 4 heterocycles. The molecule has 2 aromatic rings. The summed E-state index contributed by atoms with van der Waals surface area (Å²) in [6.45, 7) is 4.49. The van der Waals surface area contributed by atoms with Gasteiger partial charge in [-0.3, -0.25) is 20.0 Å². The van der Waals surface area contributed by atoms with Crippen LogP contribution >= 0.6 is 11.6 Å². The third kappa shape index (κ3) is 2.70. The van der Waals surface area contributed by atoms with Gasteiger partial charge in [0.2, 0.25) is 5.91 Å². The highest BCUT2D eigenvalue weighted by atomic mass is 35.5. The summed E-state index contributed by atoms with van der Waals surface area (Å²) < 4.78 is 1.97. The molecule has 0 bridgehead atoms. The normalized spacial score (nSPS) is 19.8. The maximum Gasteiger partial charge on any atom is 0.241 e. The molecule has 4 rings (SSSR count). The summed E-state index contributed by atoms with van der Waals surface area (Å²) in [7, 11) is 1.83. The number of hydrogen-bond donors (Lipinski definition) is 1. The van der Waals surface area contributed by atoms with E-state index in [2.05, 4.69) is 16.8 Å². The van der Waals surface area contributed by atoms with Gasteiger partial charge in [0.1, 0.15) is 12.1 Å². The van der Waals surface area contributed by atoms with Crippen molar-refractivity contribution in [3.05, 3.63) is 41.5 Å². The average Bonchev–Trinajstić information content (AvgIpc) is 3.26. The van der Waals surface area contributed by atoms with Crippen molar-refractivity contribution in [1.29, 1.82) is 0 Å². The van der Waals surface area contributed by atoms with Crippen molar-refractivity contribution in [2.24, 2.45) is 5.84 Å². The van der Waals surface area contributed by atoms with Gasteiger partial charge in [-0.15, -0.1) is 0 Å². The fraction of sp³-hybridized carbons (Fsp3) is 0.412. The summed E-state index contributed by atoms with van der Waals surface area (Å²) in [5, 5.41) is 4.26. The third-order valence-electron chi connectivity index (χ3n) is 5.10. The molecule has 0 aliphatic carbocycles. The number of likely N-dealkylation sites (N-methyl/N-ethyl adjacent to an activating group) is 1. The van der Waals surface area contributed by atoms with Gasteiger partial charge in [-0.25, -0.2) is 4.98 Å². The van der Waals surface area contributed by atoms with E-state index in [0.717, 1.165) is 23.4 Å². The number of nitrogens with zero attached hydrogens (tertiary/aromatic N) is 6. The molecular formula is C17H22ClN7O. The number of carbonyl (C=O) groups is 1. The molecule has 1 atom stereocenters. The van der Waals surface area contributed by atoms with Gasteiger partial charge in [-0.05, 0) is 19.1 Å². The van der Waals surface area contributed by atoms with Crippen LogP contribution in [0.3, 0.4) is 0 Å². The quantitative estimate of drug-likeness (QED) is 0.814. The van der Waals surface area contributed by atoms with Crippen LogP contribution in [-0.2, 0) is 4.79 Å². The number of anilines is 1. The van der Waals surface area contributed by atoms with E-state index in [1.54, 1.807) is 22.5 Å². The van der Waals surface area contributed by atoms with Crippen LogP contribution in [0.25, 0.3) is 5.52 Å². The molecule has 2 aliphatic rings. The minimum Gasteiger partial charge on any atom is -0.346 e. The number of amides is 1. The molecule has 0 spiro atoms. The van der Waals surface area contributed by atoms with Crippen LogP contribution in [0, 0.1) is 0 Å². The molecule has 1 saturated heterocycles. The van der Waals surface area contributed by atoms with Crippen molar-refractivity contribution in [2.75, 3.05) is 38.1 Å². The van der Waals surface area contributed by atoms with E-state index in [1.807, 2.05) is 34.8 Å². The van der Waals surface area contributed by atoms with Crippen LogP contribution in [-0.4, -0.2) is 63.5 Å². The van der Waals surface area contributed by atoms with Gasteiger partial charge in [0, 0.05) is 31.9 Å². The molecule has 0 radical (unpaired) electrons. The molecule has 2 N–H and O–H groups in total. The lowest BCUT2D eigenvalue weighted by molar-refractivity contribution is -0.129. The molecule has 0 aromatic carbocycles. The third-order valence-corrected chi connectivity index (χ3v) is 5.41. The average molecular weight is 376 g/mol. The van der Waals surface area contributed by atoms with Gasteiger partial charge in [0.15, 0.2) is 0 Å². The minimum atomic E-state index is -0.0483. The predicted octanol–water partition coefficient (Wildman–Crippen LogP) is 1.25. The van der Waals surface area contributed by atoms with Gasteiger partial charge in [0.05, 0.1) is 35.9 Å². The lowest BCUT2D eigenvalue weighted by Crippen LogP contribution is -2.49. The predicted molar refractivity (Wildman–Crippen MR) is 100 cm³/mol. The Labute approximate surface area is 157 Å². The molecule has 1 amide bonds. The van der Waals surface area contributed by atoms with E-state index in [-0.39, 0.29) is 11.9 Å². The highest BCUT2D eigenvalue weighted by Crippen LogP contribution is 2.36. The summed E-state index contributed by atoms with van der Waals surface area (Å²) in [5.41, 5.74) is 1.82. The summed E-state index contributed by atoms with van der Waals surface area (Å²) in [6, 6.07) is 1.91. The first kappa shape index (κ1) is 17.1. The van der Waals surface area contributed by atoms with Crippen LogP contribution in [0.4, 0.5) is 5.82 Å². The molecule has 1 unspecified atom stereocenters. The standard InChI is InChI=1S/C17H22ClN7O/c1-12(24-4-3-5-25(24)19)13-8-14(18)15-9-20-11-23(15)17(13)22-7-6-21(2)16(26)10-22/h3-4,8-9,11-12H,5-7,10,19H2,1-2H3. The van der Waals surface area contributed by atoms with Crippen molar-refractivity contribution in [2.45, 2.75) is 13.0 Å².